The van der Waals surface area contributed by atoms with Crippen LogP contribution in [0.1, 0.15) is 25.3 Å². The Morgan fingerprint density at radius 1 is 1.12 bits per heavy atom. The molecule has 0 aliphatic carbocycles. The summed E-state index contributed by atoms with van der Waals surface area (Å²) in [5, 5.41) is 24.4. The number of rotatable bonds is 5. The van der Waals surface area contributed by atoms with Gasteiger partial charge in [-0.1, -0.05) is 44.2 Å². The maximum Gasteiger partial charge on any atom is 0.267 e. The number of carbonyl (C=O) groups excluding carboxylic acids is 1. The first-order valence-corrected chi connectivity index (χ1v) is 7.58. The second kappa shape index (κ2) is 7.84. The zero-order valence-electron chi connectivity index (χ0n) is 13.6. The van der Waals surface area contributed by atoms with E-state index in [-0.39, 0.29) is 17.2 Å². The predicted molar refractivity (Wildman–Crippen MR) is 94.6 cm³/mol. The molecule has 0 fully saturated rings. The number of nitrogens with one attached hydrogen (secondary N) is 2. The number of nitriles is 1. The fraction of sp³-hybridized carbons (Fsp3) is 0.158. The van der Waals surface area contributed by atoms with Crippen molar-refractivity contribution in [2.45, 2.75) is 19.8 Å². The quantitative estimate of drug-likeness (QED) is 0.442. The van der Waals surface area contributed by atoms with E-state index in [4.69, 9.17) is 0 Å². The fourth-order valence-corrected chi connectivity index (χ4v) is 2.20. The Kier molecular flexibility index (Phi) is 5.58. The van der Waals surface area contributed by atoms with Gasteiger partial charge in [-0.25, -0.2) is 0 Å². The first kappa shape index (κ1) is 17.1. The molecular weight excluding hydrogens is 302 g/mol. The van der Waals surface area contributed by atoms with Gasteiger partial charge in [0.25, 0.3) is 5.91 Å². The van der Waals surface area contributed by atoms with Gasteiger partial charge >= 0.3 is 0 Å². The lowest BCUT2D eigenvalue weighted by molar-refractivity contribution is -0.112. The van der Waals surface area contributed by atoms with Crippen molar-refractivity contribution in [2.24, 2.45) is 0 Å². The summed E-state index contributed by atoms with van der Waals surface area (Å²) < 4.78 is 0. The number of phenols is 1. The van der Waals surface area contributed by atoms with Crippen LogP contribution < -0.4 is 10.6 Å². The number of amides is 1. The molecule has 3 N–H and O–H groups in total. The van der Waals surface area contributed by atoms with Crippen LogP contribution in [0.4, 0.5) is 11.4 Å². The van der Waals surface area contributed by atoms with E-state index < -0.39 is 5.91 Å². The smallest absolute Gasteiger partial charge is 0.267 e. The normalized spacial score (nSPS) is 11.0. The number of benzene rings is 2. The first-order valence-electron chi connectivity index (χ1n) is 7.58. The van der Waals surface area contributed by atoms with E-state index in [1.54, 1.807) is 24.3 Å². The van der Waals surface area contributed by atoms with E-state index in [0.717, 1.165) is 5.56 Å². The van der Waals surface area contributed by atoms with E-state index in [1.807, 2.05) is 38.1 Å². The third-order valence-electron chi connectivity index (χ3n) is 3.47. The number of aromatic hydroxyl groups is 1. The van der Waals surface area contributed by atoms with Gasteiger partial charge in [0.2, 0.25) is 0 Å². The Bertz CT molecular complexity index is 804. The third-order valence-corrected chi connectivity index (χ3v) is 3.47. The molecule has 0 saturated carbocycles. The van der Waals surface area contributed by atoms with Gasteiger partial charge in [-0.2, -0.15) is 5.26 Å². The minimum absolute atomic E-state index is 0.0385. The number of phenolic OH excluding ortho intramolecular Hbond substituents is 1. The van der Waals surface area contributed by atoms with Crippen molar-refractivity contribution in [1.82, 2.24) is 0 Å². The molecule has 5 nitrogen and oxygen atoms in total. The Balaban J connectivity index is 2.17. The minimum atomic E-state index is -0.506. The molecule has 0 aliphatic rings. The van der Waals surface area contributed by atoms with Crippen LogP contribution >= 0.6 is 0 Å². The number of carbonyl (C=O) groups is 1. The molecule has 0 aromatic heterocycles. The second-order valence-electron chi connectivity index (χ2n) is 5.53. The van der Waals surface area contributed by atoms with Crippen molar-refractivity contribution in [3.63, 3.8) is 0 Å². The summed E-state index contributed by atoms with van der Waals surface area (Å²) in [7, 11) is 0. The van der Waals surface area contributed by atoms with Gasteiger partial charge < -0.3 is 15.7 Å². The van der Waals surface area contributed by atoms with Crippen LogP contribution in [0.2, 0.25) is 0 Å². The van der Waals surface area contributed by atoms with Gasteiger partial charge in [-0.15, -0.1) is 0 Å². The molecule has 0 radical (unpaired) electrons. The van der Waals surface area contributed by atoms with Crippen molar-refractivity contribution < 1.29 is 9.90 Å². The largest absolute Gasteiger partial charge is 0.506 e. The molecule has 0 atom stereocenters. The summed E-state index contributed by atoms with van der Waals surface area (Å²) in [6.45, 7) is 4.07. The summed E-state index contributed by atoms with van der Waals surface area (Å²) in [4.78, 5) is 12.3. The van der Waals surface area contributed by atoms with E-state index in [2.05, 4.69) is 10.6 Å². The SMILES string of the molecule is CC(C)c1ccccc1NC(=O)/C(C#N)=C\Nc1ccccc1O. The Labute approximate surface area is 141 Å². The van der Waals surface area contributed by atoms with E-state index in [9.17, 15) is 15.2 Å². The predicted octanol–water partition coefficient (Wildman–Crippen LogP) is 3.97. The maximum absolute atomic E-state index is 12.3. The summed E-state index contributed by atoms with van der Waals surface area (Å²) in [5.74, 6) is -0.222. The van der Waals surface area contributed by atoms with Crippen LogP contribution in [-0.2, 0) is 4.79 Å². The van der Waals surface area contributed by atoms with Gasteiger partial charge in [0.05, 0.1) is 5.69 Å². The zero-order chi connectivity index (χ0) is 17.5. The highest BCUT2D eigenvalue weighted by molar-refractivity contribution is 6.07. The lowest BCUT2D eigenvalue weighted by Gasteiger charge is -2.13. The molecule has 0 bridgehead atoms. The molecule has 0 heterocycles. The molecule has 0 unspecified atom stereocenters. The summed E-state index contributed by atoms with van der Waals surface area (Å²) >= 11 is 0. The maximum atomic E-state index is 12.3. The molecule has 2 aromatic rings. The highest BCUT2D eigenvalue weighted by Gasteiger charge is 2.13. The molecule has 2 rings (SSSR count). The number of nitrogens with zero attached hydrogens (tertiary/aromatic N) is 1. The summed E-state index contributed by atoms with van der Waals surface area (Å²) in [6.07, 6.45) is 1.28. The number of hydrogen-bond donors (Lipinski definition) is 3. The fourth-order valence-electron chi connectivity index (χ4n) is 2.20. The highest BCUT2D eigenvalue weighted by Crippen LogP contribution is 2.24. The van der Waals surface area contributed by atoms with Crippen LogP contribution in [0, 0.1) is 11.3 Å². The number of para-hydroxylation sites is 3. The van der Waals surface area contributed by atoms with Crippen LogP contribution in [0.3, 0.4) is 0 Å². The molecule has 0 saturated heterocycles. The zero-order valence-corrected chi connectivity index (χ0v) is 13.6. The standard InChI is InChI=1S/C19H19N3O2/c1-13(2)15-7-3-4-8-16(15)22-19(24)14(11-20)12-21-17-9-5-6-10-18(17)23/h3-10,12-13,21,23H,1-2H3,(H,22,24)/b14-12-. The Morgan fingerprint density at radius 2 is 1.75 bits per heavy atom. The molecule has 5 heteroatoms. The average molecular weight is 321 g/mol. The van der Waals surface area contributed by atoms with Crippen LogP contribution in [0.5, 0.6) is 5.75 Å². The Hall–Kier alpha value is -3.26. The van der Waals surface area contributed by atoms with Gasteiger partial charge in [-0.05, 0) is 29.7 Å². The monoisotopic (exact) mass is 321 g/mol. The molecule has 24 heavy (non-hydrogen) atoms. The lowest BCUT2D eigenvalue weighted by Crippen LogP contribution is -2.16. The molecule has 122 valence electrons. The van der Waals surface area contributed by atoms with Crippen LogP contribution in [0.15, 0.2) is 60.3 Å². The van der Waals surface area contributed by atoms with Gasteiger partial charge in [-0.3, -0.25) is 4.79 Å². The van der Waals surface area contributed by atoms with Crippen molar-refractivity contribution in [2.75, 3.05) is 10.6 Å². The van der Waals surface area contributed by atoms with Crippen molar-refractivity contribution in [3.05, 3.63) is 65.9 Å². The highest BCUT2D eigenvalue weighted by atomic mass is 16.3. The minimum Gasteiger partial charge on any atom is -0.506 e. The molecule has 0 aliphatic heterocycles. The van der Waals surface area contributed by atoms with Gasteiger partial charge in [0.1, 0.15) is 17.4 Å². The third kappa shape index (κ3) is 4.14. The van der Waals surface area contributed by atoms with Crippen LogP contribution in [-0.4, -0.2) is 11.0 Å². The number of hydrogen-bond acceptors (Lipinski definition) is 4. The lowest BCUT2D eigenvalue weighted by atomic mass is 10.0. The molecular formula is C19H19N3O2. The average Bonchev–Trinajstić information content (AvgIpc) is 2.57. The summed E-state index contributed by atoms with van der Waals surface area (Å²) in [5.41, 5.74) is 2.01. The Morgan fingerprint density at radius 3 is 2.38 bits per heavy atom. The van der Waals surface area contributed by atoms with Crippen LogP contribution in [0.25, 0.3) is 0 Å². The molecule has 2 aromatic carbocycles. The first-order chi connectivity index (χ1) is 11.5. The van der Waals surface area contributed by atoms with Crippen molar-refractivity contribution in [1.29, 1.82) is 5.26 Å². The second-order valence-corrected chi connectivity index (χ2v) is 5.53. The topological polar surface area (TPSA) is 85.2 Å². The van der Waals surface area contributed by atoms with Crippen molar-refractivity contribution >= 4 is 17.3 Å². The molecule has 0 spiro atoms. The van der Waals surface area contributed by atoms with E-state index in [1.165, 1.54) is 12.3 Å². The van der Waals surface area contributed by atoms with E-state index in [0.29, 0.717) is 11.4 Å². The van der Waals surface area contributed by atoms with Crippen molar-refractivity contribution in [3.8, 4) is 11.8 Å². The van der Waals surface area contributed by atoms with E-state index >= 15 is 0 Å². The van der Waals surface area contributed by atoms with Gasteiger partial charge in [0, 0.05) is 11.9 Å². The van der Waals surface area contributed by atoms with Gasteiger partial charge in [0.15, 0.2) is 0 Å². The number of anilines is 2. The molecule has 1 amide bonds. The summed E-state index contributed by atoms with van der Waals surface area (Å²) in [6, 6.07) is 15.9.